The number of carbonyl (C=O) groups excluding carboxylic acids is 2. The van der Waals surface area contributed by atoms with E-state index in [-0.39, 0.29) is 41.3 Å². The largest absolute Gasteiger partial charge is 0.497 e. The molecule has 0 bridgehead atoms. The van der Waals surface area contributed by atoms with E-state index in [2.05, 4.69) is 19.2 Å². The summed E-state index contributed by atoms with van der Waals surface area (Å²) in [5.74, 6) is 1.54. The molecule has 1 heterocycles. The third-order valence-corrected chi connectivity index (χ3v) is 7.79. The Kier molecular flexibility index (Phi) is 4.88. The number of benzene rings is 1. The Morgan fingerprint density at radius 1 is 1.18 bits per heavy atom. The Hall–Kier alpha value is -2.04. The van der Waals surface area contributed by atoms with Crippen molar-refractivity contribution in [1.29, 1.82) is 0 Å². The van der Waals surface area contributed by atoms with Gasteiger partial charge in [-0.3, -0.25) is 9.59 Å². The molecular weight excluding hydrogens is 354 g/mol. The average Bonchev–Trinajstić information content (AvgIpc) is 2.97. The van der Waals surface area contributed by atoms with Crippen molar-refractivity contribution in [1.82, 2.24) is 5.32 Å². The number of hydrogen-bond acceptors (Lipinski definition) is 4. The number of methoxy groups -OCH3 is 1. The predicted octanol–water partition coefficient (Wildman–Crippen LogP) is 3.82. The molecule has 0 spiro atoms. The van der Waals surface area contributed by atoms with Crippen molar-refractivity contribution < 1.29 is 19.1 Å². The maximum absolute atomic E-state index is 12.8. The van der Waals surface area contributed by atoms with Crippen molar-refractivity contribution in [3.63, 3.8) is 0 Å². The molecule has 1 amide bonds. The summed E-state index contributed by atoms with van der Waals surface area (Å²) in [5, 5.41) is 3.25. The van der Waals surface area contributed by atoms with Gasteiger partial charge in [-0.1, -0.05) is 20.8 Å². The summed E-state index contributed by atoms with van der Waals surface area (Å²) in [4.78, 5) is 25.0. The molecule has 28 heavy (non-hydrogen) atoms. The number of hydrogen-bond donors (Lipinski definition) is 1. The Morgan fingerprint density at radius 2 is 1.86 bits per heavy atom. The van der Waals surface area contributed by atoms with Gasteiger partial charge in [-0.05, 0) is 61.3 Å². The molecule has 5 heteroatoms. The molecule has 5 nitrogen and oxygen atoms in total. The summed E-state index contributed by atoms with van der Waals surface area (Å²) in [6.45, 7) is 6.58. The average molecular weight is 386 g/mol. The number of esters is 1. The maximum Gasteiger partial charge on any atom is 0.309 e. The zero-order valence-electron chi connectivity index (χ0n) is 17.2. The second-order valence-corrected chi connectivity index (χ2v) is 9.28. The molecule has 3 aliphatic rings. The summed E-state index contributed by atoms with van der Waals surface area (Å²) in [5.41, 5.74) is 0.829. The number of ether oxygens (including phenoxy) is 2. The maximum atomic E-state index is 12.8. The van der Waals surface area contributed by atoms with Gasteiger partial charge >= 0.3 is 5.97 Å². The molecule has 2 saturated carbocycles. The molecule has 2 aliphatic carbocycles. The molecule has 4 rings (SSSR count). The van der Waals surface area contributed by atoms with E-state index >= 15 is 0 Å². The number of rotatable bonds is 3. The fourth-order valence-electron chi connectivity index (χ4n) is 6.02. The Balaban J connectivity index is 1.51. The van der Waals surface area contributed by atoms with Gasteiger partial charge in [0.15, 0.2) is 0 Å². The van der Waals surface area contributed by atoms with Crippen LogP contribution in [0.1, 0.15) is 56.8 Å². The van der Waals surface area contributed by atoms with Crippen LogP contribution in [0.3, 0.4) is 0 Å². The second kappa shape index (κ2) is 7.09. The van der Waals surface area contributed by atoms with Gasteiger partial charge in [-0.15, -0.1) is 0 Å². The van der Waals surface area contributed by atoms with Gasteiger partial charge in [-0.2, -0.15) is 0 Å². The highest BCUT2D eigenvalue weighted by Crippen LogP contribution is 2.57. The monoisotopic (exact) mass is 385 g/mol. The minimum atomic E-state index is -0.0488. The smallest absolute Gasteiger partial charge is 0.309 e. The fourth-order valence-corrected chi connectivity index (χ4v) is 6.02. The number of nitrogens with one attached hydrogen (secondary N) is 1. The van der Waals surface area contributed by atoms with Crippen LogP contribution in [-0.4, -0.2) is 31.1 Å². The second-order valence-electron chi connectivity index (χ2n) is 9.28. The van der Waals surface area contributed by atoms with Crippen LogP contribution >= 0.6 is 0 Å². The minimum absolute atomic E-state index is 0.00283. The Bertz CT molecular complexity index is 760. The highest BCUT2D eigenvalue weighted by Gasteiger charge is 2.58. The molecule has 0 radical (unpaired) electrons. The number of carbonyl (C=O) groups is 2. The third kappa shape index (κ3) is 3.09. The van der Waals surface area contributed by atoms with Gasteiger partial charge in [0, 0.05) is 23.4 Å². The van der Waals surface area contributed by atoms with E-state index in [0.717, 1.165) is 31.4 Å². The zero-order valence-corrected chi connectivity index (χ0v) is 17.2. The molecule has 7 atom stereocenters. The summed E-state index contributed by atoms with van der Waals surface area (Å²) < 4.78 is 11.1. The summed E-state index contributed by atoms with van der Waals surface area (Å²) in [7, 11) is 1.61. The summed E-state index contributed by atoms with van der Waals surface area (Å²) in [6.07, 6.45) is 4.24. The van der Waals surface area contributed by atoms with Crippen LogP contribution in [0.5, 0.6) is 5.75 Å². The molecule has 3 fully saturated rings. The highest BCUT2D eigenvalue weighted by molar-refractivity contribution is 5.94. The Labute approximate surface area is 167 Å². The lowest BCUT2D eigenvalue weighted by molar-refractivity contribution is -0.153. The summed E-state index contributed by atoms with van der Waals surface area (Å²) >= 11 is 0. The first kappa shape index (κ1) is 19.3. The fraction of sp³-hybridized carbons (Fsp3) is 0.652. The van der Waals surface area contributed by atoms with Gasteiger partial charge in [0.25, 0.3) is 5.91 Å². The number of amides is 1. The first-order valence-corrected chi connectivity index (χ1v) is 10.5. The molecule has 1 aromatic rings. The molecule has 0 unspecified atom stereocenters. The van der Waals surface area contributed by atoms with Crippen LogP contribution in [0.15, 0.2) is 24.3 Å². The molecule has 1 aromatic carbocycles. The third-order valence-electron chi connectivity index (χ3n) is 7.79. The topological polar surface area (TPSA) is 64.6 Å². The quantitative estimate of drug-likeness (QED) is 0.804. The SMILES string of the molecule is COc1ccc(C(=O)N[C@H]2CC[C@]3(C)CC[C@@H]4[C@H](OC(=O)[C@H]4C)[C@H]3[C@@H]2C)cc1. The van der Waals surface area contributed by atoms with Gasteiger partial charge in [0.1, 0.15) is 11.9 Å². The molecule has 1 N–H and O–H groups in total. The van der Waals surface area contributed by atoms with Gasteiger partial charge in [0.2, 0.25) is 0 Å². The van der Waals surface area contributed by atoms with Gasteiger partial charge in [0.05, 0.1) is 13.0 Å². The van der Waals surface area contributed by atoms with E-state index in [1.165, 1.54) is 0 Å². The van der Waals surface area contributed by atoms with Gasteiger partial charge < -0.3 is 14.8 Å². The van der Waals surface area contributed by atoms with Crippen molar-refractivity contribution in [2.45, 2.75) is 58.6 Å². The Morgan fingerprint density at radius 3 is 2.54 bits per heavy atom. The lowest BCUT2D eigenvalue weighted by atomic mass is 9.52. The van der Waals surface area contributed by atoms with Crippen molar-refractivity contribution in [3.8, 4) is 5.75 Å². The van der Waals surface area contributed by atoms with Crippen LogP contribution in [0.4, 0.5) is 0 Å². The van der Waals surface area contributed by atoms with Crippen LogP contribution in [-0.2, 0) is 9.53 Å². The lowest BCUT2D eigenvalue weighted by Gasteiger charge is -2.54. The molecule has 152 valence electrons. The van der Waals surface area contributed by atoms with Crippen molar-refractivity contribution in [3.05, 3.63) is 29.8 Å². The molecular formula is C23H31NO4. The van der Waals surface area contributed by atoms with E-state index in [9.17, 15) is 9.59 Å². The normalized spacial score (nSPS) is 39.5. The molecule has 1 saturated heterocycles. The van der Waals surface area contributed by atoms with E-state index in [4.69, 9.17) is 9.47 Å². The van der Waals surface area contributed by atoms with Gasteiger partial charge in [-0.25, -0.2) is 0 Å². The highest BCUT2D eigenvalue weighted by atomic mass is 16.6. The van der Waals surface area contributed by atoms with E-state index in [0.29, 0.717) is 17.4 Å². The predicted molar refractivity (Wildman–Crippen MR) is 106 cm³/mol. The first-order chi connectivity index (χ1) is 13.3. The van der Waals surface area contributed by atoms with Crippen LogP contribution < -0.4 is 10.1 Å². The zero-order chi connectivity index (χ0) is 20.1. The van der Waals surface area contributed by atoms with Crippen molar-refractivity contribution >= 4 is 11.9 Å². The minimum Gasteiger partial charge on any atom is -0.497 e. The van der Waals surface area contributed by atoms with Crippen LogP contribution in [0.25, 0.3) is 0 Å². The van der Waals surface area contributed by atoms with Crippen LogP contribution in [0.2, 0.25) is 0 Å². The van der Waals surface area contributed by atoms with Crippen LogP contribution in [0, 0.1) is 29.1 Å². The lowest BCUT2D eigenvalue weighted by Crippen LogP contribution is -2.57. The first-order valence-electron chi connectivity index (χ1n) is 10.5. The van der Waals surface area contributed by atoms with E-state index in [1.807, 2.05) is 6.92 Å². The number of fused-ring (bicyclic) bond motifs is 3. The molecule has 1 aliphatic heterocycles. The van der Waals surface area contributed by atoms with E-state index in [1.54, 1.807) is 31.4 Å². The summed E-state index contributed by atoms with van der Waals surface area (Å²) in [6, 6.07) is 7.30. The van der Waals surface area contributed by atoms with Crippen molar-refractivity contribution in [2.75, 3.05) is 7.11 Å². The standard InChI is InChI=1S/C23H31NO4/c1-13-17-9-11-23(3)12-10-18(14(2)19(23)20(17)28-22(13)26)24-21(25)15-5-7-16(27-4)8-6-15/h5-8,13-14,17-20H,9-12H2,1-4H3,(H,24,25)/t13-,14+,17-,18-,19+,20-,23-/m0/s1. The van der Waals surface area contributed by atoms with E-state index < -0.39 is 0 Å². The van der Waals surface area contributed by atoms with Crippen molar-refractivity contribution in [2.24, 2.45) is 29.1 Å². The molecule has 0 aromatic heterocycles.